The molecule has 1 aromatic rings. The van der Waals surface area contributed by atoms with Crippen LogP contribution in [0.2, 0.25) is 0 Å². The number of rotatable bonds is 0. The molecule has 1 aliphatic carbocycles. The van der Waals surface area contributed by atoms with E-state index in [9.17, 15) is 0 Å². The third-order valence-corrected chi connectivity index (χ3v) is 2.66. The molecule has 1 fully saturated rings. The summed E-state index contributed by atoms with van der Waals surface area (Å²) in [6, 6.07) is 9.91. The van der Waals surface area contributed by atoms with E-state index >= 15 is 0 Å². The zero-order valence-corrected chi connectivity index (χ0v) is 6.17. The lowest BCUT2D eigenvalue weighted by Gasteiger charge is -2.33. The first-order valence-corrected chi connectivity index (χ1v) is 4.04. The van der Waals surface area contributed by atoms with Gasteiger partial charge in [-0.15, -0.1) is 0 Å². The van der Waals surface area contributed by atoms with Crippen LogP contribution in [0.4, 0.5) is 0 Å². The fourth-order valence-electron chi connectivity index (χ4n) is 2.01. The van der Waals surface area contributed by atoms with E-state index in [0.717, 1.165) is 0 Å². The van der Waals surface area contributed by atoms with E-state index in [4.69, 9.17) is 0 Å². The Kier molecular flexibility index (Phi) is 0.962. The summed E-state index contributed by atoms with van der Waals surface area (Å²) in [7, 11) is 0. The fourth-order valence-corrected chi connectivity index (χ4v) is 2.01. The van der Waals surface area contributed by atoms with E-state index in [1.165, 1.54) is 17.5 Å². The van der Waals surface area contributed by atoms with Crippen molar-refractivity contribution in [1.82, 2.24) is 10.9 Å². The molecule has 0 saturated carbocycles. The van der Waals surface area contributed by atoms with Crippen molar-refractivity contribution >= 4 is 0 Å². The summed E-state index contributed by atoms with van der Waals surface area (Å²) in [5.74, 6) is 0. The second-order valence-electron chi connectivity index (χ2n) is 3.28. The van der Waals surface area contributed by atoms with Crippen LogP contribution in [0.5, 0.6) is 0 Å². The molecular formula is C9H10N2. The Morgan fingerprint density at radius 3 is 2.91 bits per heavy atom. The topological polar surface area (TPSA) is 24.1 Å². The predicted molar refractivity (Wildman–Crippen MR) is 42.9 cm³/mol. The molecule has 0 spiro atoms. The van der Waals surface area contributed by atoms with Crippen molar-refractivity contribution in [3.05, 3.63) is 35.4 Å². The first-order valence-electron chi connectivity index (χ1n) is 4.04. The molecule has 2 nitrogen and oxygen atoms in total. The van der Waals surface area contributed by atoms with Crippen LogP contribution in [-0.2, 0) is 6.42 Å². The molecule has 1 aliphatic heterocycles. The average molecular weight is 146 g/mol. The van der Waals surface area contributed by atoms with E-state index in [1.54, 1.807) is 0 Å². The molecule has 1 heterocycles. The largest absolute Gasteiger partial charge is 0.252 e. The van der Waals surface area contributed by atoms with Crippen LogP contribution in [0.15, 0.2) is 24.3 Å². The predicted octanol–water partition coefficient (Wildman–Crippen LogP) is 0.760. The van der Waals surface area contributed by atoms with Crippen molar-refractivity contribution < 1.29 is 0 Å². The van der Waals surface area contributed by atoms with Crippen molar-refractivity contribution in [3.8, 4) is 0 Å². The Balaban J connectivity index is 2.14. The van der Waals surface area contributed by atoms with E-state index in [2.05, 4.69) is 35.1 Å². The van der Waals surface area contributed by atoms with Crippen LogP contribution in [0.25, 0.3) is 0 Å². The molecule has 2 aliphatic rings. The van der Waals surface area contributed by atoms with Gasteiger partial charge in [-0.3, -0.25) is 5.43 Å². The number of hydrazine groups is 1. The van der Waals surface area contributed by atoms with Gasteiger partial charge in [-0.1, -0.05) is 24.3 Å². The number of hydrogen-bond acceptors (Lipinski definition) is 2. The van der Waals surface area contributed by atoms with Gasteiger partial charge < -0.3 is 0 Å². The van der Waals surface area contributed by atoms with Crippen molar-refractivity contribution in [3.63, 3.8) is 0 Å². The maximum atomic E-state index is 3.21. The Hall–Kier alpha value is -0.860. The number of benzene rings is 1. The summed E-state index contributed by atoms with van der Waals surface area (Å²) in [5.41, 5.74) is 9.40. The van der Waals surface area contributed by atoms with E-state index in [1.807, 2.05) is 0 Å². The summed E-state index contributed by atoms with van der Waals surface area (Å²) in [6.45, 7) is 0. The third kappa shape index (κ3) is 0.633. The van der Waals surface area contributed by atoms with E-state index in [-0.39, 0.29) is 0 Å². The molecule has 0 amide bonds. The summed E-state index contributed by atoms with van der Waals surface area (Å²) >= 11 is 0. The molecule has 2 atom stereocenters. The minimum atomic E-state index is 0.589. The van der Waals surface area contributed by atoms with Gasteiger partial charge in [0.15, 0.2) is 0 Å². The lowest BCUT2D eigenvalue weighted by molar-refractivity contribution is 0.220. The number of fused-ring (bicyclic) bond motifs is 3. The maximum Gasteiger partial charge on any atom is 0.0635 e. The van der Waals surface area contributed by atoms with Crippen LogP contribution < -0.4 is 10.9 Å². The molecule has 2 N–H and O–H groups in total. The zero-order chi connectivity index (χ0) is 7.26. The summed E-state index contributed by atoms with van der Waals surface area (Å²) in [6.07, 6.45) is 1.19. The molecule has 0 radical (unpaired) electrons. The SMILES string of the molecule is c1ccc2c(c1)CC1NNC21. The summed E-state index contributed by atoms with van der Waals surface area (Å²) < 4.78 is 0. The summed E-state index contributed by atoms with van der Waals surface area (Å²) in [4.78, 5) is 0. The molecule has 11 heavy (non-hydrogen) atoms. The highest BCUT2D eigenvalue weighted by Crippen LogP contribution is 2.34. The van der Waals surface area contributed by atoms with Gasteiger partial charge in [-0.25, -0.2) is 5.43 Å². The van der Waals surface area contributed by atoms with Gasteiger partial charge in [0, 0.05) is 6.04 Å². The highest BCUT2D eigenvalue weighted by Gasteiger charge is 2.38. The van der Waals surface area contributed by atoms with Gasteiger partial charge in [0.25, 0.3) is 0 Å². The molecule has 3 rings (SSSR count). The second-order valence-corrected chi connectivity index (χ2v) is 3.28. The first kappa shape index (κ1) is 5.75. The smallest absolute Gasteiger partial charge is 0.0635 e. The van der Waals surface area contributed by atoms with Crippen LogP contribution in [0.1, 0.15) is 17.2 Å². The van der Waals surface area contributed by atoms with Gasteiger partial charge in [-0.2, -0.15) is 0 Å². The highest BCUT2D eigenvalue weighted by atomic mass is 15.5. The second kappa shape index (κ2) is 1.84. The Morgan fingerprint density at radius 2 is 2.09 bits per heavy atom. The van der Waals surface area contributed by atoms with E-state index < -0.39 is 0 Å². The van der Waals surface area contributed by atoms with Crippen molar-refractivity contribution in [2.75, 3.05) is 0 Å². The molecule has 0 bridgehead atoms. The lowest BCUT2D eigenvalue weighted by atomic mass is 10.1. The molecular weight excluding hydrogens is 136 g/mol. The Morgan fingerprint density at radius 1 is 1.18 bits per heavy atom. The number of hydrogen-bond donors (Lipinski definition) is 2. The van der Waals surface area contributed by atoms with Crippen molar-refractivity contribution in [2.45, 2.75) is 18.5 Å². The van der Waals surface area contributed by atoms with Crippen LogP contribution >= 0.6 is 0 Å². The maximum absolute atomic E-state index is 3.21. The van der Waals surface area contributed by atoms with Gasteiger partial charge in [0.1, 0.15) is 0 Å². The average Bonchev–Trinajstić information content (AvgIpc) is 2.23. The minimum Gasteiger partial charge on any atom is -0.252 e. The Labute approximate surface area is 65.6 Å². The molecule has 1 aromatic carbocycles. The van der Waals surface area contributed by atoms with Gasteiger partial charge in [0.05, 0.1) is 6.04 Å². The van der Waals surface area contributed by atoms with Crippen molar-refractivity contribution in [2.24, 2.45) is 0 Å². The standard InChI is InChI=1S/C9H10N2/c1-2-4-7-6(3-1)5-8-9(7)11-10-8/h1-4,8-11H,5H2. The highest BCUT2D eigenvalue weighted by molar-refractivity contribution is 5.38. The Bertz CT molecular complexity index is 295. The van der Waals surface area contributed by atoms with Gasteiger partial charge >= 0.3 is 0 Å². The van der Waals surface area contributed by atoms with E-state index in [0.29, 0.717) is 12.1 Å². The monoisotopic (exact) mass is 146 g/mol. The molecule has 56 valence electrons. The molecule has 1 saturated heterocycles. The first-order chi connectivity index (χ1) is 5.45. The number of nitrogens with one attached hydrogen (secondary N) is 2. The minimum absolute atomic E-state index is 0.589. The third-order valence-electron chi connectivity index (χ3n) is 2.66. The normalized spacial score (nSPS) is 32.4. The van der Waals surface area contributed by atoms with Gasteiger partial charge in [-0.05, 0) is 17.5 Å². The zero-order valence-electron chi connectivity index (χ0n) is 6.17. The quantitative estimate of drug-likeness (QED) is 0.564. The molecule has 2 unspecified atom stereocenters. The fraction of sp³-hybridized carbons (Fsp3) is 0.333. The molecule has 0 aromatic heterocycles. The van der Waals surface area contributed by atoms with Gasteiger partial charge in [0.2, 0.25) is 0 Å². The summed E-state index contributed by atoms with van der Waals surface area (Å²) in [5, 5.41) is 0. The van der Waals surface area contributed by atoms with Crippen molar-refractivity contribution in [1.29, 1.82) is 0 Å². The molecule has 2 heteroatoms. The lowest BCUT2D eigenvalue weighted by Crippen LogP contribution is -2.59. The van der Waals surface area contributed by atoms with Crippen LogP contribution in [-0.4, -0.2) is 6.04 Å². The van der Waals surface area contributed by atoms with Crippen LogP contribution in [0, 0.1) is 0 Å². The van der Waals surface area contributed by atoms with Crippen LogP contribution in [0.3, 0.4) is 0 Å².